The van der Waals surface area contributed by atoms with Gasteiger partial charge in [-0.15, -0.1) is 5.27 Å². The van der Waals surface area contributed by atoms with Crippen molar-refractivity contribution in [1.82, 2.24) is 10.1 Å². The minimum absolute atomic E-state index is 0.0611. The summed E-state index contributed by atoms with van der Waals surface area (Å²) in [4.78, 5) is 25.1. The number of esters is 2. The van der Waals surface area contributed by atoms with Crippen molar-refractivity contribution in [3.63, 3.8) is 0 Å². The van der Waals surface area contributed by atoms with Gasteiger partial charge in [-0.1, -0.05) is 46.4 Å². The first-order chi connectivity index (χ1) is 12.7. The Morgan fingerprint density at radius 1 is 0.926 bits per heavy atom. The molecule has 1 aromatic rings. The van der Waals surface area contributed by atoms with Crippen molar-refractivity contribution >= 4 is 11.9 Å². The molecule has 160 valence electrons. The van der Waals surface area contributed by atoms with Gasteiger partial charge in [-0.2, -0.15) is 0 Å². The maximum Gasteiger partial charge on any atom is 0.310 e. The number of nitrogens with zero attached hydrogens (tertiary/aromatic N) is 1. The van der Waals surface area contributed by atoms with Crippen LogP contribution in [0.3, 0.4) is 0 Å². The molecular weight excluding hydrogens is 348 g/mol. The zero-order valence-corrected chi connectivity index (χ0v) is 18.3. The summed E-state index contributed by atoms with van der Waals surface area (Å²) in [6, 6.07) is 0. The second-order valence-corrected chi connectivity index (χ2v) is 8.06. The molecule has 1 aromatic heterocycles. The van der Waals surface area contributed by atoms with E-state index in [-0.39, 0.29) is 29.2 Å². The zero-order chi connectivity index (χ0) is 20.9. The van der Waals surface area contributed by atoms with Gasteiger partial charge in [0, 0.05) is 0 Å². The lowest BCUT2D eigenvalue weighted by Crippen LogP contribution is -2.21. The van der Waals surface area contributed by atoms with Crippen LogP contribution in [0.15, 0.2) is 4.63 Å². The molecule has 0 aliphatic rings. The molecule has 0 radical (unpaired) electrons. The zero-order valence-electron chi connectivity index (χ0n) is 18.3. The first-order valence-corrected chi connectivity index (χ1v) is 10.2. The maximum atomic E-state index is 11.9. The molecule has 0 saturated carbocycles. The van der Waals surface area contributed by atoms with Crippen molar-refractivity contribution in [2.24, 2.45) is 17.3 Å². The molecule has 2 atom stereocenters. The van der Waals surface area contributed by atoms with Gasteiger partial charge in [-0.3, -0.25) is 14.2 Å². The maximum absolute atomic E-state index is 11.9. The van der Waals surface area contributed by atoms with Crippen LogP contribution in [0.4, 0.5) is 0 Å². The minimum atomic E-state index is -0.218. The van der Waals surface area contributed by atoms with Crippen LogP contribution in [0, 0.1) is 17.3 Å². The molecule has 27 heavy (non-hydrogen) atoms. The Balaban J connectivity index is 0.00000326. The van der Waals surface area contributed by atoms with E-state index in [4.69, 9.17) is 14.1 Å². The summed E-state index contributed by atoms with van der Waals surface area (Å²) < 4.78 is 15.2. The van der Waals surface area contributed by atoms with Crippen LogP contribution in [-0.2, 0) is 25.6 Å². The molecule has 0 bridgehead atoms. The standard InChI is InChI=1S/C18H34N2O5.C2H6/c1-14(12-18(3,4)5)16(21)23-10-8-6-7-9-11-24-17(22)15(2)13-20-19-25-20;1-2/h14-15,19H,6-13H2,1-5H3;1-2H3. The summed E-state index contributed by atoms with van der Waals surface area (Å²) in [6.45, 7) is 15.5. The average molecular weight is 389 g/mol. The number of unbranched alkanes of at least 4 members (excludes halogenated alkanes) is 3. The van der Waals surface area contributed by atoms with Crippen molar-refractivity contribution in [1.29, 1.82) is 0 Å². The average Bonchev–Trinajstić information content (AvgIpc) is 3.40. The molecule has 0 aliphatic carbocycles. The van der Waals surface area contributed by atoms with E-state index in [2.05, 4.69) is 26.0 Å². The third-order valence-electron chi connectivity index (χ3n) is 3.91. The number of aromatic nitrogens is 2. The van der Waals surface area contributed by atoms with Crippen LogP contribution in [0.1, 0.15) is 80.6 Å². The van der Waals surface area contributed by atoms with E-state index in [0.29, 0.717) is 19.8 Å². The second-order valence-electron chi connectivity index (χ2n) is 8.06. The lowest BCUT2D eigenvalue weighted by Gasteiger charge is -2.22. The summed E-state index contributed by atoms with van der Waals surface area (Å²) in [5, 5.41) is 2.53. The number of hydrogen-bond acceptors (Lipinski definition) is 5. The lowest BCUT2D eigenvalue weighted by atomic mass is 9.85. The first-order valence-electron chi connectivity index (χ1n) is 10.2. The van der Waals surface area contributed by atoms with Crippen molar-refractivity contribution in [2.75, 3.05) is 13.2 Å². The fourth-order valence-electron chi connectivity index (χ4n) is 2.62. The van der Waals surface area contributed by atoms with Crippen LogP contribution in [0.25, 0.3) is 0 Å². The number of ether oxygens (including phenoxy) is 2. The van der Waals surface area contributed by atoms with Crippen LogP contribution in [0.2, 0.25) is 0 Å². The van der Waals surface area contributed by atoms with E-state index in [0.717, 1.165) is 32.1 Å². The number of aromatic amines is 1. The summed E-state index contributed by atoms with van der Waals surface area (Å²) in [5.41, 5.74) is 0.132. The van der Waals surface area contributed by atoms with Crippen LogP contribution in [0.5, 0.6) is 0 Å². The fourth-order valence-corrected chi connectivity index (χ4v) is 2.62. The first kappa shape index (κ1) is 25.3. The summed E-state index contributed by atoms with van der Waals surface area (Å²) in [6.07, 6.45) is 4.41. The van der Waals surface area contributed by atoms with E-state index in [9.17, 15) is 9.59 Å². The van der Waals surface area contributed by atoms with Gasteiger partial charge < -0.3 is 9.47 Å². The predicted molar refractivity (Wildman–Crippen MR) is 105 cm³/mol. The molecule has 2 unspecified atom stereocenters. The summed E-state index contributed by atoms with van der Waals surface area (Å²) >= 11 is 0. The minimum Gasteiger partial charge on any atom is -0.465 e. The molecular formula is C20H40N2O5. The molecule has 1 N–H and O–H groups in total. The number of carbonyl (C=O) groups is 2. The van der Waals surface area contributed by atoms with Gasteiger partial charge in [0.15, 0.2) is 0 Å². The highest BCUT2D eigenvalue weighted by Crippen LogP contribution is 2.24. The van der Waals surface area contributed by atoms with E-state index in [1.165, 1.54) is 4.85 Å². The predicted octanol–water partition coefficient (Wildman–Crippen LogP) is 4.79. The monoisotopic (exact) mass is 388 g/mol. The molecule has 1 rings (SSSR count). The van der Waals surface area contributed by atoms with Gasteiger partial charge in [-0.25, -0.2) is 0 Å². The molecule has 0 aromatic carbocycles. The van der Waals surface area contributed by atoms with Gasteiger partial charge in [0.25, 0.3) is 0 Å². The molecule has 0 aliphatic heterocycles. The Hall–Kier alpha value is -1.66. The van der Waals surface area contributed by atoms with Crippen LogP contribution in [-0.4, -0.2) is 35.3 Å². The van der Waals surface area contributed by atoms with E-state index in [1.807, 2.05) is 20.8 Å². The third-order valence-corrected chi connectivity index (χ3v) is 3.91. The SMILES string of the molecule is CC.CC(Cn1[nH]o1)C(=O)OCCCCCCOC(=O)C(C)CC(C)(C)C. The Labute approximate surface area is 164 Å². The third kappa shape index (κ3) is 14.1. The Kier molecular flexibility index (Phi) is 12.7. The summed E-state index contributed by atoms with van der Waals surface area (Å²) in [7, 11) is 0. The van der Waals surface area contributed by atoms with Gasteiger partial charge >= 0.3 is 11.9 Å². The highest BCUT2D eigenvalue weighted by molar-refractivity contribution is 5.72. The fraction of sp³-hybridized carbons (Fsp3) is 0.900. The van der Waals surface area contributed by atoms with E-state index in [1.54, 1.807) is 6.92 Å². The molecule has 1 heterocycles. The lowest BCUT2D eigenvalue weighted by molar-refractivity contribution is -0.150. The van der Waals surface area contributed by atoms with Crippen molar-refractivity contribution in [3.8, 4) is 0 Å². The molecule has 0 spiro atoms. The Morgan fingerprint density at radius 2 is 1.37 bits per heavy atom. The number of nitrogens with one attached hydrogen (secondary N) is 1. The van der Waals surface area contributed by atoms with Crippen molar-refractivity contribution in [3.05, 3.63) is 0 Å². The summed E-state index contributed by atoms with van der Waals surface area (Å²) in [5.74, 6) is -0.597. The largest absolute Gasteiger partial charge is 0.465 e. The Morgan fingerprint density at radius 3 is 1.78 bits per heavy atom. The Bertz CT molecular complexity index is 487. The van der Waals surface area contributed by atoms with Gasteiger partial charge in [0.05, 0.1) is 31.6 Å². The molecule has 7 heteroatoms. The highest BCUT2D eigenvalue weighted by Gasteiger charge is 2.21. The molecule has 0 amide bonds. The van der Waals surface area contributed by atoms with Crippen LogP contribution < -0.4 is 0 Å². The number of carbonyl (C=O) groups excluding carboxylic acids is 2. The van der Waals surface area contributed by atoms with E-state index < -0.39 is 0 Å². The molecule has 0 saturated heterocycles. The van der Waals surface area contributed by atoms with E-state index >= 15 is 0 Å². The normalized spacial score (nSPS) is 13.4. The van der Waals surface area contributed by atoms with Crippen molar-refractivity contribution < 1.29 is 23.7 Å². The quantitative estimate of drug-likeness (QED) is 0.411. The topological polar surface area (TPSA) is 86.5 Å². The van der Waals surface area contributed by atoms with Gasteiger partial charge in [0.2, 0.25) is 0 Å². The van der Waals surface area contributed by atoms with Gasteiger partial charge in [0.1, 0.15) is 0 Å². The second kappa shape index (κ2) is 13.5. The molecule has 7 nitrogen and oxygen atoms in total. The van der Waals surface area contributed by atoms with Gasteiger partial charge in [-0.05, 0) is 44.4 Å². The smallest absolute Gasteiger partial charge is 0.310 e. The molecule has 0 fully saturated rings. The van der Waals surface area contributed by atoms with Crippen molar-refractivity contribution in [2.45, 2.75) is 87.1 Å². The number of rotatable bonds is 12. The highest BCUT2D eigenvalue weighted by atomic mass is 16.7. The number of hydrogen-bond donors (Lipinski definition) is 1. The number of H-pyrrole nitrogens is 1. The van der Waals surface area contributed by atoms with Crippen LogP contribution >= 0.6 is 0 Å².